The van der Waals surface area contributed by atoms with E-state index in [1.165, 1.54) is 10.4 Å². The van der Waals surface area contributed by atoms with Crippen LogP contribution in [-0.2, 0) is 4.79 Å². The molecule has 0 radical (unpaired) electrons. The van der Waals surface area contributed by atoms with Crippen LogP contribution in [0.1, 0.15) is 27.4 Å². The number of rotatable bonds is 4. The summed E-state index contributed by atoms with van der Waals surface area (Å²) in [4.78, 5) is 25.9. The molecule has 26 heavy (non-hydrogen) atoms. The number of likely N-dealkylation sites (N-methyl/N-ethyl adjacent to an activating group) is 1. The highest BCUT2D eigenvalue weighted by molar-refractivity contribution is 7.18. The number of fused-ring (bicyclic) bond motifs is 1. The lowest BCUT2D eigenvalue weighted by molar-refractivity contribution is -0.114. The number of aryl methyl sites for hydroxylation is 5. The largest absolute Gasteiger partial charge is 0.350 e. The molecule has 0 aliphatic carbocycles. The highest BCUT2D eigenvalue weighted by atomic mass is 32.1. The molecule has 0 atom stereocenters. The van der Waals surface area contributed by atoms with Crippen LogP contribution in [0.3, 0.4) is 0 Å². The second-order valence-corrected chi connectivity index (χ2v) is 7.93. The summed E-state index contributed by atoms with van der Waals surface area (Å²) >= 11 is 1.67. The van der Waals surface area contributed by atoms with Gasteiger partial charge in [-0.15, -0.1) is 11.3 Å². The van der Waals surface area contributed by atoms with Crippen molar-refractivity contribution < 1.29 is 4.79 Å². The van der Waals surface area contributed by atoms with Crippen LogP contribution in [0.15, 0.2) is 18.2 Å². The van der Waals surface area contributed by atoms with Crippen LogP contribution in [0, 0.1) is 34.6 Å². The van der Waals surface area contributed by atoms with Gasteiger partial charge in [-0.1, -0.05) is 18.2 Å². The van der Waals surface area contributed by atoms with E-state index in [1.807, 2.05) is 50.9 Å². The molecule has 0 aliphatic heterocycles. The fourth-order valence-corrected chi connectivity index (χ4v) is 4.16. The second-order valence-electron chi connectivity index (χ2n) is 6.73. The molecule has 3 aromatic rings. The number of carbonyl (C=O) groups is 1. The average molecular weight is 369 g/mol. The Kier molecular flexibility index (Phi) is 4.96. The van der Waals surface area contributed by atoms with E-state index in [0.717, 1.165) is 38.7 Å². The SMILES string of the molecule is Cc1nc(N(C)CC(=O)Nc2c(C)cccc2C)c2c(C)c(C)sc2n1. The molecule has 1 amide bonds. The molecule has 6 heteroatoms. The van der Waals surface area contributed by atoms with Crippen molar-refractivity contribution >= 4 is 39.0 Å². The van der Waals surface area contributed by atoms with Crippen molar-refractivity contribution in [1.29, 1.82) is 0 Å². The molecular weight excluding hydrogens is 344 g/mol. The molecule has 0 saturated carbocycles. The molecule has 136 valence electrons. The van der Waals surface area contributed by atoms with Crippen molar-refractivity contribution in [1.82, 2.24) is 9.97 Å². The number of anilines is 2. The van der Waals surface area contributed by atoms with Crippen LogP contribution in [0.25, 0.3) is 10.2 Å². The van der Waals surface area contributed by atoms with Crippen LogP contribution in [0.4, 0.5) is 11.5 Å². The van der Waals surface area contributed by atoms with Gasteiger partial charge in [-0.05, 0) is 51.3 Å². The van der Waals surface area contributed by atoms with E-state index in [4.69, 9.17) is 0 Å². The van der Waals surface area contributed by atoms with Crippen LogP contribution >= 0.6 is 11.3 Å². The Morgan fingerprint density at radius 1 is 1.12 bits per heavy atom. The minimum atomic E-state index is -0.0566. The lowest BCUT2D eigenvalue weighted by Crippen LogP contribution is -2.31. The summed E-state index contributed by atoms with van der Waals surface area (Å²) in [5.41, 5.74) is 4.19. The van der Waals surface area contributed by atoms with E-state index in [-0.39, 0.29) is 12.5 Å². The van der Waals surface area contributed by atoms with Gasteiger partial charge in [0.25, 0.3) is 0 Å². The predicted molar refractivity (Wildman–Crippen MR) is 109 cm³/mol. The highest BCUT2D eigenvalue weighted by Gasteiger charge is 2.18. The summed E-state index contributed by atoms with van der Waals surface area (Å²) in [5, 5.41) is 4.08. The fourth-order valence-electron chi connectivity index (χ4n) is 3.09. The predicted octanol–water partition coefficient (Wildman–Crippen LogP) is 4.31. The number of nitrogens with one attached hydrogen (secondary N) is 1. The number of thiophene rings is 1. The quantitative estimate of drug-likeness (QED) is 0.745. The van der Waals surface area contributed by atoms with Gasteiger partial charge < -0.3 is 10.2 Å². The Hall–Kier alpha value is -2.47. The summed E-state index contributed by atoms with van der Waals surface area (Å²) in [7, 11) is 1.90. The summed E-state index contributed by atoms with van der Waals surface area (Å²) < 4.78 is 0. The molecule has 1 aromatic carbocycles. The van der Waals surface area contributed by atoms with Gasteiger partial charge in [0.2, 0.25) is 5.91 Å². The van der Waals surface area contributed by atoms with Crippen LogP contribution < -0.4 is 10.2 Å². The molecule has 2 heterocycles. The zero-order valence-corrected chi connectivity index (χ0v) is 16.9. The van der Waals surface area contributed by atoms with Crippen molar-refractivity contribution in [3.8, 4) is 0 Å². The first-order valence-electron chi connectivity index (χ1n) is 8.59. The first-order valence-corrected chi connectivity index (χ1v) is 9.41. The lowest BCUT2D eigenvalue weighted by atomic mass is 10.1. The van der Waals surface area contributed by atoms with E-state index in [2.05, 4.69) is 29.1 Å². The number of hydrogen-bond donors (Lipinski definition) is 1. The zero-order valence-electron chi connectivity index (χ0n) is 16.1. The number of carbonyl (C=O) groups excluding carboxylic acids is 1. The second kappa shape index (κ2) is 7.03. The Labute approximate surface area is 158 Å². The minimum absolute atomic E-state index is 0.0566. The summed E-state index contributed by atoms with van der Waals surface area (Å²) in [6, 6.07) is 6.00. The molecule has 3 rings (SSSR count). The van der Waals surface area contributed by atoms with Crippen LogP contribution in [0.5, 0.6) is 0 Å². The number of benzene rings is 1. The molecule has 0 aliphatic rings. The smallest absolute Gasteiger partial charge is 0.243 e. The molecule has 0 bridgehead atoms. The van der Waals surface area contributed by atoms with E-state index >= 15 is 0 Å². The third kappa shape index (κ3) is 3.42. The fraction of sp³-hybridized carbons (Fsp3) is 0.350. The minimum Gasteiger partial charge on any atom is -0.350 e. The normalized spacial score (nSPS) is 11.0. The Balaban J connectivity index is 1.87. The summed E-state index contributed by atoms with van der Waals surface area (Å²) in [6.07, 6.45) is 0. The number of hydrogen-bond acceptors (Lipinski definition) is 5. The topological polar surface area (TPSA) is 58.1 Å². The maximum atomic E-state index is 12.6. The summed E-state index contributed by atoms with van der Waals surface area (Å²) in [6.45, 7) is 10.3. The van der Waals surface area contributed by atoms with Crippen LogP contribution in [-0.4, -0.2) is 29.5 Å². The van der Waals surface area contributed by atoms with Crippen LogP contribution in [0.2, 0.25) is 0 Å². The number of amides is 1. The van der Waals surface area contributed by atoms with Gasteiger partial charge >= 0.3 is 0 Å². The summed E-state index contributed by atoms with van der Waals surface area (Å²) in [5.74, 6) is 1.47. The lowest BCUT2D eigenvalue weighted by Gasteiger charge is -2.20. The zero-order chi connectivity index (χ0) is 19.0. The Morgan fingerprint density at radius 2 is 1.77 bits per heavy atom. The molecule has 2 aromatic heterocycles. The van der Waals surface area contributed by atoms with Crippen molar-refractivity contribution in [3.63, 3.8) is 0 Å². The first-order chi connectivity index (χ1) is 12.3. The number of nitrogens with zero attached hydrogens (tertiary/aromatic N) is 3. The Morgan fingerprint density at radius 3 is 2.42 bits per heavy atom. The van der Waals surface area contributed by atoms with E-state index in [9.17, 15) is 4.79 Å². The third-order valence-corrected chi connectivity index (χ3v) is 5.71. The maximum Gasteiger partial charge on any atom is 0.243 e. The van der Waals surface area contributed by atoms with E-state index in [0.29, 0.717) is 0 Å². The third-order valence-electron chi connectivity index (χ3n) is 4.61. The van der Waals surface area contributed by atoms with Crippen molar-refractivity contribution in [2.24, 2.45) is 0 Å². The van der Waals surface area contributed by atoms with Gasteiger partial charge in [0.1, 0.15) is 16.5 Å². The molecular formula is C20H24N4OS. The monoisotopic (exact) mass is 368 g/mol. The van der Waals surface area contributed by atoms with E-state index in [1.54, 1.807) is 11.3 Å². The molecule has 0 unspecified atom stereocenters. The van der Waals surface area contributed by atoms with Crippen molar-refractivity contribution in [3.05, 3.63) is 45.6 Å². The standard InChI is InChI=1S/C20H24N4OS/c1-11-8-7-9-12(2)18(11)23-16(25)10-24(6)19-17-13(3)14(4)26-20(17)22-15(5)21-19/h7-9H,10H2,1-6H3,(H,23,25). The molecule has 0 fully saturated rings. The Bertz CT molecular complexity index is 973. The molecule has 1 N–H and O–H groups in total. The van der Waals surface area contributed by atoms with Crippen molar-refractivity contribution in [2.45, 2.75) is 34.6 Å². The number of aromatic nitrogens is 2. The molecule has 0 spiro atoms. The van der Waals surface area contributed by atoms with Crippen molar-refractivity contribution in [2.75, 3.05) is 23.8 Å². The first kappa shape index (κ1) is 18.3. The number of para-hydroxylation sites is 1. The molecule has 0 saturated heterocycles. The van der Waals surface area contributed by atoms with Gasteiger partial charge in [-0.2, -0.15) is 0 Å². The van der Waals surface area contributed by atoms with Gasteiger partial charge in [0.15, 0.2) is 0 Å². The average Bonchev–Trinajstić information content (AvgIpc) is 2.84. The van der Waals surface area contributed by atoms with Gasteiger partial charge in [-0.3, -0.25) is 4.79 Å². The maximum absolute atomic E-state index is 12.6. The van der Waals surface area contributed by atoms with Gasteiger partial charge in [-0.25, -0.2) is 9.97 Å². The van der Waals surface area contributed by atoms with E-state index < -0.39 is 0 Å². The van der Waals surface area contributed by atoms with Gasteiger partial charge in [0.05, 0.1) is 11.9 Å². The van der Waals surface area contributed by atoms with Gasteiger partial charge in [0, 0.05) is 17.6 Å². The molecule has 5 nitrogen and oxygen atoms in total. The highest BCUT2D eigenvalue weighted by Crippen LogP contribution is 2.34.